The monoisotopic (exact) mass is 401 g/mol. The second-order valence-electron chi connectivity index (χ2n) is 6.55. The molecule has 0 unspecified atom stereocenters. The Morgan fingerprint density at radius 1 is 1.25 bits per heavy atom. The summed E-state index contributed by atoms with van der Waals surface area (Å²) in [4.78, 5) is 30.9. The van der Waals surface area contributed by atoms with Gasteiger partial charge in [0.05, 0.1) is 49.4 Å². The number of hydrogen-bond donors (Lipinski definition) is 1. The summed E-state index contributed by atoms with van der Waals surface area (Å²) in [6, 6.07) is 11.2. The maximum atomic E-state index is 13.1. The molecule has 146 valence electrons. The molecule has 1 aromatic heterocycles. The number of nitro benzene ring substituents is 1. The van der Waals surface area contributed by atoms with Gasteiger partial charge in [0.1, 0.15) is 5.75 Å². The molecule has 0 spiro atoms. The highest BCUT2D eigenvalue weighted by atomic mass is 32.1. The third-order valence-corrected chi connectivity index (χ3v) is 5.28. The van der Waals surface area contributed by atoms with Crippen molar-refractivity contribution in [1.82, 2.24) is 4.98 Å². The molecule has 0 saturated heterocycles. The van der Waals surface area contributed by atoms with Gasteiger partial charge >= 0.3 is 0 Å². The van der Waals surface area contributed by atoms with Gasteiger partial charge in [-0.2, -0.15) is 0 Å². The summed E-state index contributed by atoms with van der Waals surface area (Å²) < 4.78 is 6.20. The van der Waals surface area contributed by atoms with Gasteiger partial charge in [-0.25, -0.2) is 4.98 Å². The van der Waals surface area contributed by atoms with E-state index in [0.29, 0.717) is 23.0 Å². The van der Waals surface area contributed by atoms with E-state index in [9.17, 15) is 14.9 Å². The lowest BCUT2D eigenvalue weighted by Crippen LogP contribution is -3.06. The zero-order chi connectivity index (χ0) is 20.3. The first-order valence-corrected chi connectivity index (χ1v) is 9.50. The summed E-state index contributed by atoms with van der Waals surface area (Å²) in [5.74, 6) is 0.470. The molecule has 0 bridgehead atoms. The molecule has 1 heterocycles. The molecule has 1 amide bonds. The zero-order valence-electron chi connectivity index (χ0n) is 15.8. The lowest BCUT2D eigenvalue weighted by Gasteiger charge is -2.20. The Morgan fingerprint density at radius 3 is 2.57 bits per heavy atom. The molecule has 3 rings (SSSR count). The summed E-state index contributed by atoms with van der Waals surface area (Å²) in [6.07, 6.45) is 0. The van der Waals surface area contributed by atoms with E-state index >= 15 is 0 Å². The van der Waals surface area contributed by atoms with Gasteiger partial charge in [-0.05, 0) is 24.3 Å². The molecular formula is C19H21N4O4S+. The summed E-state index contributed by atoms with van der Waals surface area (Å²) in [7, 11) is 5.62. The predicted molar refractivity (Wildman–Crippen MR) is 109 cm³/mol. The van der Waals surface area contributed by atoms with Gasteiger partial charge in [-0.1, -0.05) is 11.3 Å². The number of nitrogens with zero attached hydrogens (tertiary/aromatic N) is 3. The molecule has 2 aromatic carbocycles. The first-order chi connectivity index (χ1) is 13.4. The highest BCUT2D eigenvalue weighted by Crippen LogP contribution is 2.31. The number of methoxy groups -OCH3 is 1. The quantitative estimate of drug-likeness (QED) is 0.483. The summed E-state index contributed by atoms with van der Waals surface area (Å²) in [6.45, 7) is 1.22. The van der Waals surface area contributed by atoms with E-state index in [0.717, 1.165) is 16.8 Å². The number of likely N-dealkylation sites (N-methyl/N-ethyl adjacent to an activating group) is 1. The van der Waals surface area contributed by atoms with Gasteiger partial charge in [0.25, 0.3) is 11.6 Å². The standard InChI is InChI=1S/C19H20N4O4S/c1-21(2)10-11-22(18(24)13-4-6-14(7-5-13)23(25)26)19-20-16-12-15(27-3)8-9-17(16)28-19/h4-9,12H,10-11H2,1-3H3/p+1. The number of hydrogen-bond acceptors (Lipinski definition) is 6. The average molecular weight is 401 g/mol. The van der Waals surface area contributed by atoms with Crippen LogP contribution in [0.25, 0.3) is 10.2 Å². The number of quaternary nitrogens is 1. The van der Waals surface area contributed by atoms with E-state index in [4.69, 9.17) is 4.74 Å². The van der Waals surface area contributed by atoms with Crippen molar-refractivity contribution in [2.75, 3.05) is 39.2 Å². The average Bonchev–Trinajstić information content (AvgIpc) is 3.10. The number of nitrogens with one attached hydrogen (secondary N) is 1. The van der Waals surface area contributed by atoms with Crippen LogP contribution in [0.4, 0.5) is 10.8 Å². The van der Waals surface area contributed by atoms with E-state index in [1.165, 1.54) is 40.5 Å². The van der Waals surface area contributed by atoms with E-state index in [1.807, 2.05) is 32.3 Å². The number of nitro groups is 1. The number of thiazole rings is 1. The van der Waals surface area contributed by atoms with E-state index in [-0.39, 0.29) is 11.6 Å². The van der Waals surface area contributed by atoms with Crippen molar-refractivity contribution < 1.29 is 19.4 Å². The minimum Gasteiger partial charge on any atom is -0.497 e. The zero-order valence-corrected chi connectivity index (χ0v) is 16.7. The second kappa shape index (κ2) is 8.32. The lowest BCUT2D eigenvalue weighted by atomic mass is 10.2. The molecular weight excluding hydrogens is 380 g/mol. The van der Waals surface area contributed by atoms with Crippen molar-refractivity contribution in [3.05, 3.63) is 58.1 Å². The van der Waals surface area contributed by atoms with E-state index < -0.39 is 4.92 Å². The maximum absolute atomic E-state index is 13.1. The van der Waals surface area contributed by atoms with Crippen LogP contribution in [-0.4, -0.2) is 50.1 Å². The van der Waals surface area contributed by atoms with Crippen LogP contribution in [0.5, 0.6) is 5.75 Å². The van der Waals surface area contributed by atoms with Gasteiger partial charge in [0, 0.05) is 23.8 Å². The molecule has 0 radical (unpaired) electrons. The van der Waals surface area contributed by atoms with Gasteiger partial charge in [0.2, 0.25) is 0 Å². The number of non-ortho nitro benzene ring substituents is 1. The van der Waals surface area contributed by atoms with E-state index in [1.54, 1.807) is 12.0 Å². The van der Waals surface area contributed by atoms with Gasteiger partial charge in [-0.15, -0.1) is 0 Å². The van der Waals surface area contributed by atoms with Crippen molar-refractivity contribution in [3.8, 4) is 5.75 Å². The fourth-order valence-electron chi connectivity index (χ4n) is 2.64. The Bertz CT molecular complexity index is 1000. The number of benzene rings is 2. The molecule has 0 aliphatic heterocycles. The maximum Gasteiger partial charge on any atom is 0.269 e. The largest absolute Gasteiger partial charge is 0.497 e. The van der Waals surface area contributed by atoms with Crippen molar-refractivity contribution >= 4 is 38.3 Å². The van der Waals surface area contributed by atoms with Crippen molar-refractivity contribution in [2.45, 2.75) is 0 Å². The molecule has 28 heavy (non-hydrogen) atoms. The van der Waals surface area contributed by atoms with E-state index in [2.05, 4.69) is 4.98 Å². The molecule has 0 atom stereocenters. The Hall–Kier alpha value is -3.04. The topological polar surface area (TPSA) is 90.0 Å². The van der Waals surface area contributed by atoms with Crippen molar-refractivity contribution in [1.29, 1.82) is 0 Å². The van der Waals surface area contributed by atoms with Crippen molar-refractivity contribution in [3.63, 3.8) is 0 Å². The Kier molecular flexibility index (Phi) is 5.86. The first kappa shape index (κ1) is 19.7. The van der Waals surface area contributed by atoms with Crippen LogP contribution in [0, 0.1) is 10.1 Å². The highest BCUT2D eigenvalue weighted by molar-refractivity contribution is 7.22. The molecule has 1 N–H and O–H groups in total. The number of ether oxygens (including phenoxy) is 1. The van der Waals surface area contributed by atoms with Gasteiger partial charge in [0.15, 0.2) is 5.13 Å². The number of carbonyl (C=O) groups is 1. The fraction of sp³-hybridized carbons (Fsp3) is 0.263. The summed E-state index contributed by atoms with van der Waals surface area (Å²) >= 11 is 1.43. The molecule has 0 fully saturated rings. The molecule has 8 nitrogen and oxygen atoms in total. The van der Waals surface area contributed by atoms with Crippen LogP contribution in [0.2, 0.25) is 0 Å². The van der Waals surface area contributed by atoms with Gasteiger partial charge < -0.3 is 9.64 Å². The fourth-order valence-corrected chi connectivity index (χ4v) is 3.61. The highest BCUT2D eigenvalue weighted by Gasteiger charge is 2.23. The van der Waals surface area contributed by atoms with Crippen LogP contribution in [0.1, 0.15) is 10.4 Å². The summed E-state index contributed by atoms with van der Waals surface area (Å²) in [5, 5.41) is 11.4. The number of anilines is 1. The molecule has 9 heteroatoms. The number of amides is 1. The van der Waals surface area contributed by atoms with Crippen LogP contribution < -0.4 is 14.5 Å². The predicted octanol–water partition coefficient (Wildman–Crippen LogP) is 2.00. The number of aromatic nitrogens is 1. The SMILES string of the molecule is COc1ccc2sc(N(CC[NH+](C)C)C(=O)c3ccc([N+](=O)[O-])cc3)nc2c1. The van der Waals surface area contributed by atoms with Crippen LogP contribution in [-0.2, 0) is 0 Å². The normalized spacial score (nSPS) is 11.0. The summed E-state index contributed by atoms with van der Waals surface area (Å²) in [5.41, 5.74) is 1.10. The minimum absolute atomic E-state index is 0.0482. The Labute approximate surface area is 166 Å². The first-order valence-electron chi connectivity index (χ1n) is 8.69. The number of rotatable bonds is 7. The van der Waals surface area contributed by atoms with Crippen LogP contribution >= 0.6 is 11.3 Å². The molecule has 3 aromatic rings. The molecule has 0 saturated carbocycles. The smallest absolute Gasteiger partial charge is 0.269 e. The molecule has 0 aliphatic rings. The Morgan fingerprint density at radius 2 is 1.96 bits per heavy atom. The van der Waals surface area contributed by atoms with Crippen LogP contribution in [0.3, 0.4) is 0 Å². The Balaban J connectivity index is 1.95. The molecule has 0 aliphatic carbocycles. The number of fused-ring (bicyclic) bond motifs is 1. The van der Waals surface area contributed by atoms with Gasteiger partial charge in [-0.3, -0.25) is 19.8 Å². The number of carbonyl (C=O) groups excluding carboxylic acids is 1. The van der Waals surface area contributed by atoms with Crippen molar-refractivity contribution in [2.24, 2.45) is 0 Å². The lowest BCUT2D eigenvalue weighted by molar-refractivity contribution is -0.856. The third-order valence-electron chi connectivity index (χ3n) is 4.22. The van der Waals surface area contributed by atoms with Crippen LogP contribution in [0.15, 0.2) is 42.5 Å². The third kappa shape index (κ3) is 4.26. The second-order valence-corrected chi connectivity index (χ2v) is 7.56. The minimum atomic E-state index is -0.484.